The highest BCUT2D eigenvalue weighted by Crippen LogP contribution is 2.23. The summed E-state index contributed by atoms with van der Waals surface area (Å²) in [4.78, 5) is 0.854. The van der Waals surface area contributed by atoms with Crippen LogP contribution in [0.5, 0.6) is 0 Å². The first-order chi connectivity index (χ1) is 5.25. The molecule has 0 bridgehead atoms. The van der Waals surface area contributed by atoms with Crippen LogP contribution in [0, 0.1) is 5.41 Å². The van der Waals surface area contributed by atoms with Crippen LogP contribution < -0.4 is 0 Å². The average molecular weight is 234 g/mol. The summed E-state index contributed by atoms with van der Waals surface area (Å²) in [5.74, 6) is 0.245. The van der Waals surface area contributed by atoms with E-state index in [-0.39, 0.29) is 5.90 Å². The highest BCUT2D eigenvalue weighted by molar-refractivity contribution is 9.10. The van der Waals surface area contributed by atoms with Crippen molar-refractivity contribution in [3.8, 4) is 0 Å². The summed E-state index contributed by atoms with van der Waals surface area (Å²) in [7, 11) is 0. The quantitative estimate of drug-likeness (QED) is 0.619. The molecule has 1 aromatic heterocycles. The molecule has 2 nitrogen and oxygen atoms in total. The van der Waals surface area contributed by atoms with E-state index in [4.69, 9.17) is 10.1 Å². The summed E-state index contributed by atoms with van der Waals surface area (Å²) in [5, 5.41) is 9.37. The minimum Gasteiger partial charge on any atom is -0.477 e. The predicted molar refractivity (Wildman–Crippen MR) is 50.5 cm³/mol. The van der Waals surface area contributed by atoms with Crippen molar-refractivity contribution >= 4 is 33.2 Å². The number of ether oxygens (including phenoxy) is 1. The van der Waals surface area contributed by atoms with E-state index >= 15 is 0 Å². The van der Waals surface area contributed by atoms with E-state index in [9.17, 15) is 0 Å². The SMILES string of the molecule is CCOC(=N)c1sccc1Br. The molecule has 11 heavy (non-hydrogen) atoms. The summed E-state index contributed by atoms with van der Waals surface area (Å²) in [6.07, 6.45) is 0. The zero-order valence-corrected chi connectivity index (χ0v) is 8.46. The Hall–Kier alpha value is -0.350. The lowest BCUT2D eigenvalue weighted by atomic mass is 10.5. The molecule has 1 aromatic rings. The molecular weight excluding hydrogens is 226 g/mol. The van der Waals surface area contributed by atoms with E-state index < -0.39 is 0 Å². The molecule has 60 valence electrons. The Morgan fingerprint density at radius 2 is 2.55 bits per heavy atom. The van der Waals surface area contributed by atoms with Gasteiger partial charge in [-0.1, -0.05) is 0 Å². The Labute approximate surface area is 77.8 Å². The second kappa shape index (κ2) is 3.88. The molecule has 0 saturated carbocycles. The molecular formula is C7H8BrNOS. The van der Waals surface area contributed by atoms with Crippen molar-refractivity contribution in [3.63, 3.8) is 0 Å². The average Bonchev–Trinajstić information content (AvgIpc) is 2.36. The largest absolute Gasteiger partial charge is 0.477 e. The van der Waals surface area contributed by atoms with E-state index in [0.29, 0.717) is 6.61 Å². The molecule has 1 heterocycles. The van der Waals surface area contributed by atoms with Gasteiger partial charge in [0, 0.05) is 4.47 Å². The first-order valence-corrected chi connectivity index (χ1v) is 4.87. The fourth-order valence-corrected chi connectivity index (χ4v) is 2.12. The molecule has 0 aliphatic heterocycles. The van der Waals surface area contributed by atoms with Crippen LogP contribution in [0.1, 0.15) is 11.8 Å². The second-order valence-corrected chi connectivity index (χ2v) is 3.63. The van der Waals surface area contributed by atoms with Crippen molar-refractivity contribution in [1.82, 2.24) is 0 Å². The van der Waals surface area contributed by atoms with E-state index in [0.717, 1.165) is 9.35 Å². The van der Waals surface area contributed by atoms with Crippen molar-refractivity contribution in [3.05, 3.63) is 20.8 Å². The van der Waals surface area contributed by atoms with Gasteiger partial charge in [-0.2, -0.15) is 0 Å². The van der Waals surface area contributed by atoms with Crippen molar-refractivity contribution in [1.29, 1.82) is 5.41 Å². The minimum absolute atomic E-state index is 0.245. The van der Waals surface area contributed by atoms with Crippen molar-refractivity contribution in [2.45, 2.75) is 6.92 Å². The van der Waals surface area contributed by atoms with Gasteiger partial charge in [0.2, 0.25) is 5.90 Å². The molecule has 0 unspecified atom stereocenters. The number of hydrogen-bond donors (Lipinski definition) is 1. The molecule has 0 spiro atoms. The standard InChI is InChI=1S/C7H8BrNOS/c1-2-10-7(9)6-5(8)3-4-11-6/h3-4,9H,2H2,1H3. The van der Waals surface area contributed by atoms with Crippen LogP contribution in [0.25, 0.3) is 0 Å². The maximum absolute atomic E-state index is 7.45. The minimum atomic E-state index is 0.245. The van der Waals surface area contributed by atoms with Crippen LogP contribution in [0.4, 0.5) is 0 Å². The predicted octanol–water partition coefficient (Wildman–Crippen LogP) is 2.87. The highest BCUT2D eigenvalue weighted by atomic mass is 79.9. The fraction of sp³-hybridized carbons (Fsp3) is 0.286. The first kappa shape index (κ1) is 8.74. The van der Waals surface area contributed by atoms with Crippen LogP contribution in [0.3, 0.4) is 0 Å². The van der Waals surface area contributed by atoms with Crippen LogP contribution in [-0.2, 0) is 4.74 Å². The maximum Gasteiger partial charge on any atom is 0.224 e. The molecule has 0 atom stereocenters. The van der Waals surface area contributed by atoms with Crippen LogP contribution in [0.15, 0.2) is 15.9 Å². The zero-order valence-electron chi connectivity index (χ0n) is 6.06. The smallest absolute Gasteiger partial charge is 0.224 e. The lowest BCUT2D eigenvalue weighted by molar-refractivity contribution is 0.326. The van der Waals surface area contributed by atoms with Gasteiger partial charge in [0.1, 0.15) is 4.88 Å². The Kier molecular flexibility index (Phi) is 3.08. The van der Waals surface area contributed by atoms with Gasteiger partial charge >= 0.3 is 0 Å². The van der Waals surface area contributed by atoms with Gasteiger partial charge in [-0.25, -0.2) is 0 Å². The first-order valence-electron chi connectivity index (χ1n) is 3.20. The van der Waals surface area contributed by atoms with E-state index in [2.05, 4.69) is 15.9 Å². The molecule has 1 rings (SSSR count). The lowest BCUT2D eigenvalue weighted by Crippen LogP contribution is -2.02. The second-order valence-electron chi connectivity index (χ2n) is 1.86. The van der Waals surface area contributed by atoms with Crippen molar-refractivity contribution in [2.75, 3.05) is 6.61 Å². The monoisotopic (exact) mass is 233 g/mol. The molecule has 0 aliphatic carbocycles. The summed E-state index contributed by atoms with van der Waals surface area (Å²) in [6.45, 7) is 2.42. The van der Waals surface area contributed by atoms with Gasteiger partial charge in [-0.05, 0) is 34.3 Å². The zero-order chi connectivity index (χ0) is 8.27. The Balaban J connectivity index is 2.76. The normalized spacial score (nSPS) is 9.64. The molecule has 0 radical (unpaired) electrons. The topological polar surface area (TPSA) is 33.1 Å². The van der Waals surface area contributed by atoms with Gasteiger partial charge in [0.05, 0.1) is 6.61 Å². The number of rotatable bonds is 2. The third-order valence-electron chi connectivity index (χ3n) is 1.11. The van der Waals surface area contributed by atoms with Crippen LogP contribution in [-0.4, -0.2) is 12.5 Å². The Morgan fingerprint density at radius 1 is 1.82 bits per heavy atom. The number of nitrogens with one attached hydrogen (secondary N) is 1. The van der Waals surface area contributed by atoms with Gasteiger partial charge in [0.15, 0.2) is 0 Å². The lowest BCUT2D eigenvalue weighted by Gasteiger charge is -2.01. The van der Waals surface area contributed by atoms with Gasteiger partial charge in [0.25, 0.3) is 0 Å². The fourth-order valence-electron chi connectivity index (χ4n) is 0.666. The van der Waals surface area contributed by atoms with E-state index in [1.165, 1.54) is 11.3 Å². The third kappa shape index (κ3) is 2.04. The summed E-state index contributed by atoms with van der Waals surface area (Å²) >= 11 is 4.83. The van der Waals surface area contributed by atoms with Crippen LogP contribution >= 0.6 is 27.3 Å². The number of thiophene rings is 1. The van der Waals surface area contributed by atoms with Gasteiger partial charge in [-0.3, -0.25) is 5.41 Å². The number of hydrogen-bond acceptors (Lipinski definition) is 3. The van der Waals surface area contributed by atoms with Gasteiger partial charge < -0.3 is 4.74 Å². The van der Waals surface area contributed by atoms with E-state index in [1.54, 1.807) is 0 Å². The van der Waals surface area contributed by atoms with Crippen molar-refractivity contribution < 1.29 is 4.74 Å². The number of halogens is 1. The summed E-state index contributed by atoms with van der Waals surface area (Å²) in [5.41, 5.74) is 0. The third-order valence-corrected chi connectivity index (χ3v) is 2.95. The van der Waals surface area contributed by atoms with E-state index in [1.807, 2.05) is 18.4 Å². The van der Waals surface area contributed by atoms with Crippen LogP contribution in [0.2, 0.25) is 0 Å². The van der Waals surface area contributed by atoms with Gasteiger partial charge in [-0.15, -0.1) is 11.3 Å². The van der Waals surface area contributed by atoms with Crippen molar-refractivity contribution in [2.24, 2.45) is 0 Å². The molecule has 0 amide bonds. The molecule has 0 aliphatic rings. The molecule has 0 aromatic carbocycles. The molecule has 4 heteroatoms. The Morgan fingerprint density at radius 3 is 3.00 bits per heavy atom. The molecule has 1 N–H and O–H groups in total. The highest BCUT2D eigenvalue weighted by Gasteiger charge is 2.07. The molecule has 0 fully saturated rings. The maximum atomic E-state index is 7.45. The molecule has 0 saturated heterocycles. The Bertz CT molecular complexity index is 259. The summed E-state index contributed by atoms with van der Waals surface area (Å²) in [6, 6.07) is 1.91. The summed E-state index contributed by atoms with van der Waals surface area (Å²) < 4.78 is 5.96.